The molecule has 34 heavy (non-hydrogen) atoms. The highest BCUT2D eigenvalue weighted by atomic mass is 19.2. The number of rotatable bonds is 4. The standard InChI is InChI=1S/C24H21F3N4O3/c1-14-11-30-20(12-29(14)22(32)9-15-7-17(25)23(27)18(26)8-15)19(10-28-30)31-21(13-34-24(31)33)16-5-3-2-4-6-16/h2-8,10,14,21H,9,11-13H2,1H3/t14-,21+/m0/s1. The summed E-state index contributed by atoms with van der Waals surface area (Å²) in [5.41, 5.74) is 2.15. The fraction of sp³-hybridized carbons (Fsp3) is 0.292. The predicted molar refractivity (Wildman–Crippen MR) is 115 cm³/mol. The number of cyclic esters (lactones) is 1. The first-order valence-corrected chi connectivity index (χ1v) is 10.8. The number of carbonyl (C=O) groups excluding carboxylic acids is 2. The van der Waals surface area contributed by atoms with Gasteiger partial charge in [-0.3, -0.25) is 14.4 Å². The van der Waals surface area contributed by atoms with Crippen molar-refractivity contribution < 1.29 is 27.5 Å². The van der Waals surface area contributed by atoms with Crippen LogP contribution in [0.2, 0.25) is 0 Å². The summed E-state index contributed by atoms with van der Waals surface area (Å²) < 4.78 is 47.5. The monoisotopic (exact) mass is 470 g/mol. The van der Waals surface area contributed by atoms with E-state index >= 15 is 0 Å². The van der Waals surface area contributed by atoms with Gasteiger partial charge in [0.2, 0.25) is 5.91 Å². The van der Waals surface area contributed by atoms with Crippen LogP contribution in [0, 0.1) is 17.5 Å². The number of carbonyl (C=O) groups is 2. The fourth-order valence-electron chi connectivity index (χ4n) is 4.52. The molecule has 10 heteroatoms. The van der Waals surface area contributed by atoms with Gasteiger partial charge in [-0.2, -0.15) is 5.10 Å². The summed E-state index contributed by atoms with van der Waals surface area (Å²) in [6.45, 7) is 2.55. The Labute approximate surface area is 193 Å². The van der Waals surface area contributed by atoms with Gasteiger partial charge in [0, 0.05) is 6.04 Å². The maximum Gasteiger partial charge on any atom is 0.415 e. The number of halogens is 3. The van der Waals surface area contributed by atoms with E-state index in [9.17, 15) is 22.8 Å². The van der Waals surface area contributed by atoms with E-state index in [4.69, 9.17) is 4.74 Å². The van der Waals surface area contributed by atoms with Gasteiger partial charge in [0.25, 0.3) is 0 Å². The quantitative estimate of drug-likeness (QED) is 0.542. The number of aromatic nitrogens is 2. The lowest BCUT2D eigenvalue weighted by Crippen LogP contribution is -2.46. The molecule has 3 heterocycles. The molecule has 0 unspecified atom stereocenters. The van der Waals surface area contributed by atoms with Gasteiger partial charge in [-0.1, -0.05) is 30.3 Å². The molecule has 2 atom stereocenters. The molecule has 0 bridgehead atoms. The van der Waals surface area contributed by atoms with Gasteiger partial charge in [-0.05, 0) is 30.2 Å². The lowest BCUT2D eigenvalue weighted by molar-refractivity contribution is -0.134. The van der Waals surface area contributed by atoms with Gasteiger partial charge in [-0.25, -0.2) is 18.0 Å². The number of anilines is 1. The topological polar surface area (TPSA) is 67.7 Å². The van der Waals surface area contributed by atoms with Crippen molar-refractivity contribution in [1.29, 1.82) is 0 Å². The molecule has 1 fully saturated rings. The Morgan fingerprint density at radius 1 is 1.15 bits per heavy atom. The average Bonchev–Trinajstić information content (AvgIpc) is 3.39. The maximum atomic E-state index is 13.6. The van der Waals surface area contributed by atoms with E-state index < -0.39 is 23.5 Å². The molecule has 176 valence electrons. The van der Waals surface area contributed by atoms with Crippen LogP contribution in [0.5, 0.6) is 0 Å². The minimum absolute atomic E-state index is 0.0418. The van der Waals surface area contributed by atoms with Crippen LogP contribution < -0.4 is 4.90 Å². The van der Waals surface area contributed by atoms with Gasteiger partial charge in [0.05, 0.1) is 43.1 Å². The van der Waals surface area contributed by atoms with Crippen molar-refractivity contribution in [2.45, 2.75) is 38.5 Å². The van der Waals surface area contributed by atoms with Gasteiger partial charge < -0.3 is 9.64 Å². The Balaban J connectivity index is 1.42. The second kappa shape index (κ2) is 8.51. The van der Waals surface area contributed by atoms with Crippen LogP contribution in [0.25, 0.3) is 0 Å². The van der Waals surface area contributed by atoms with E-state index in [-0.39, 0.29) is 43.1 Å². The van der Waals surface area contributed by atoms with Crippen LogP contribution in [0.1, 0.15) is 29.8 Å². The van der Waals surface area contributed by atoms with Crippen molar-refractivity contribution >= 4 is 17.7 Å². The first-order chi connectivity index (χ1) is 16.3. The van der Waals surface area contributed by atoms with E-state index in [1.54, 1.807) is 15.8 Å². The van der Waals surface area contributed by atoms with E-state index in [0.717, 1.165) is 17.7 Å². The second-order valence-corrected chi connectivity index (χ2v) is 8.45. The third-order valence-electron chi connectivity index (χ3n) is 6.25. The van der Waals surface area contributed by atoms with Crippen LogP contribution in [0.4, 0.5) is 23.7 Å². The summed E-state index contributed by atoms with van der Waals surface area (Å²) in [4.78, 5) is 28.8. The lowest BCUT2D eigenvalue weighted by Gasteiger charge is -2.35. The van der Waals surface area contributed by atoms with Crippen LogP contribution in [-0.2, 0) is 29.0 Å². The number of benzene rings is 2. The number of nitrogens with zero attached hydrogens (tertiary/aromatic N) is 4. The molecule has 3 aromatic rings. The zero-order valence-electron chi connectivity index (χ0n) is 18.2. The smallest absolute Gasteiger partial charge is 0.415 e. The second-order valence-electron chi connectivity index (χ2n) is 8.45. The van der Waals surface area contributed by atoms with Crippen molar-refractivity contribution in [3.8, 4) is 0 Å². The van der Waals surface area contributed by atoms with Crippen molar-refractivity contribution in [2.75, 3.05) is 11.5 Å². The van der Waals surface area contributed by atoms with Gasteiger partial charge in [-0.15, -0.1) is 0 Å². The van der Waals surface area contributed by atoms with E-state index in [1.807, 2.05) is 37.3 Å². The predicted octanol–water partition coefficient (Wildman–Crippen LogP) is 3.97. The van der Waals surface area contributed by atoms with E-state index in [1.165, 1.54) is 4.90 Å². The van der Waals surface area contributed by atoms with Crippen molar-refractivity contribution in [3.63, 3.8) is 0 Å². The molecule has 5 rings (SSSR count). The highest BCUT2D eigenvalue weighted by Gasteiger charge is 2.39. The van der Waals surface area contributed by atoms with E-state index in [0.29, 0.717) is 17.9 Å². The highest BCUT2D eigenvalue weighted by molar-refractivity contribution is 5.91. The van der Waals surface area contributed by atoms with Gasteiger partial charge in [0.1, 0.15) is 6.61 Å². The molecular formula is C24H21F3N4O3. The SMILES string of the molecule is C[C@H]1Cn2ncc(N3C(=O)OC[C@@H]3c3ccccc3)c2CN1C(=O)Cc1cc(F)c(F)c(F)c1. The molecule has 0 saturated carbocycles. The highest BCUT2D eigenvalue weighted by Crippen LogP contribution is 2.37. The zero-order valence-corrected chi connectivity index (χ0v) is 18.2. The van der Waals surface area contributed by atoms with E-state index in [2.05, 4.69) is 5.10 Å². The van der Waals surface area contributed by atoms with Crippen molar-refractivity contribution in [3.05, 3.63) is 82.9 Å². The number of ether oxygens (including phenoxy) is 1. The van der Waals surface area contributed by atoms with Crippen LogP contribution >= 0.6 is 0 Å². The fourth-order valence-corrected chi connectivity index (χ4v) is 4.52. The minimum Gasteiger partial charge on any atom is -0.447 e. The van der Waals surface area contributed by atoms with Gasteiger partial charge >= 0.3 is 6.09 Å². The summed E-state index contributed by atoms with van der Waals surface area (Å²) in [6, 6.07) is 10.5. The normalized spacial score (nSPS) is 19.8. The largest absolute Gasteiger partial charge is 0.447 e. The number of hydrogen-bond acceptors (Lipinski definition) is 4. The lowest BCUT2D eigenvalue weighted by atomic mass is 10.1. The van der Waals surface area contributed by atoms with Gasteiger partial charge in [0.15, 0.2) is 17.5 Å². The first-order valence-electron chi connectivity index (χ1n) is 10.8. The Kier molecular flexibility index (Phi) is 5.51. The molecule has 1 aromatic heterocycles. The van der Waals surface area contributed by atoms with Crippen LogP contribution in [0.3, 0.4) is 0 Å². The average molecular weight is 470 g/mol. The molecule has 2 amide bonds. The first kappa shape index (κ1) is 22.0. The summed E-state index contributed by atoms with van der Waals surface area (Å²) >= 11 is 0. The summed E-state index contributed by atoms with van der Waals surface area (Å²) in [7, 11) is 0. The molecule has 2 aliphatic rings. The molecule has 0 spiro atoms. The number of fused-ring (bicyclic) bond motifs is 1. The Morgan fingerprint density at radius 3 is 2.56 bits per heavy atom. The maximum absolute atomic E-state index is 13.6. The molecule has 2 aliphatic heterocycles. The Morgan fingerprint density at radius 2 is 1.85 bits per heavy atom. The molecule has 0 radical (unpaired) electrons. The molecular weight excluding hydrogens is 449 g/mol. The summed E-state index contributed by atoms with van der Waals surface area (Å²) in [5, 5.41) is 4.41. The minimum atomic E-state index is -1.57. The van der Waals surface area contributed by atoms with Crippen LogP contribution in [0.15, 0.2) is 48.7 Å². The molecule has 0 N–H and O–H groups in total. The molecule has 7 nitrogen and oxygen atoms in total. The Hall–Kier alpha value is -3.82. The van der Waals surface area contributed by atoms with Crippen LogP contribution in [-0.4, -0.2) is 39.3 Å². The molecule has 1 saturated heterocycles. The van der Waals surface area contributed by atoms with Crippen molar-refractivity contribution in [2.24, 2.45) is 0 Å². The Bertz CT molecular complexity index is 1240. The molecule has 0 aliphatic carbocycles. The number of hydrogen-bond donors (Lipinski definition) is 0. The zero-order chi connectivity index (χ0) is 24.0. The molecule has 2 aromatic carbocycles. The third-order valence-corrected chi connectivity index (χ3v) is 6.25. The third kappa shape index (κ3) is 3.78. The van der Waals surface area contributed by atoms with Crippen molar-refractivity contribution in [1.82, 2.24) is 14.7 Å². The summed E-state index contributed by atoms with van der Waals surface area (Å²) in [5.74, 6) is -4.62. The summed E-state index contributed by atoms with van der Waals surface area (Å²) in [6.07, 6.45) is 0.794. The number of amides is 2.